The molecule has 0 bridgehead atoms. The van der Waals surface area contributed by atoms with Gasteiger partial charge in [0.05, 0.1) is 25.4 Å². The first-order valence-corrected chi connectivity index (χ1v) is 25.6. The van der Waals surface area contributed by atoms with Crippen LogP contribution in [-0.4, -0.2) is 47.4 Å². The molecule has 0 saturated heterocycles. The Labute approximate surface area is 361 Å². The monoisotopic (exact) mass is 818 g/mol. The third-order valence-electron chi connectivity index (χ3n) is 11.7. The summed E-state index contributed by atoms with van der Waals surface area (Å²) < 4.78 is 5.45. The van der Waals surface area contributed by atoms with E-state index in [1.165, 1.54) is 193 Å². The molecule has 1 amide bonds. The first-order valence-electron chi connectivity index (χ1n) is 25.6. The number of carbonyl (C=O) groups excluding carboxylic acids is 2. The molecule has 2 unspecified atom stereocenters. The average molecular weight is 818 g/mol. The van der Waals surface area contributed by atoms with Crippen LogP contribution in [0.2, 0.25) is 0 Å². The fourth-order valence-corrected chi connectivity index (χ4v) is 7.74. The lowest BCUT2D eigenvalue weighted by molar-refractivity contribution is -0.143. The molecule has 0 aliphatic rings. The van der Waals surface area contributed by atoms with Crippen LogP contribution in [0.25, 0.3) is 0 Å². The van der Waals surface area contributed by atoms with Crippen molar-refractivity contribution in [2.45, 2.75) is 283 Å². The van der Waals surface area contributed by atoms with E-state index in [0.29, 0.717) is 25.9 Å². The minimum atomic E-state index is -0.667. The lowest BCUT2D eigenvalue weighted by Gasteiger charge is -2.22. The Morgan fingerprint density at radius 1 is 0.466 bits per heavy atom. The number of esters is 1. The van der Waals surface area contributed by atoms with E-state index in [1.807, 2.05) is 0 Å². The normalized spacial score (nSPS) is 12.8. The van der Waals surface area contributed by atoms with Crippen LogP contribution in [0.5, 0.6) is 0 Å². The molecule has 0 saturated carbocycles. The molecule has 0 rings (SSSR count). The van der Waals surface area contributed by atoms with Crippen LogP contribution in [0, 0.1) is 0 Å². The predicted octanol–water partition coefficient (Wildman–Crippen LogP) is 15.1. The van der Waals surface area contributed by atoms with Gasteiger partial charge in [-0.25, -0.2) is 0 Å². The van der Waals surface area contributed by atoms with Crippen molar-refractivity contribution in [2.24, 2.45) is 0 Å². The fraction of sp³-hybridized carbons (Fsp3) is 0.885. The Balaban J connectivity index is 3.42. The number of ether oxygens (including phenoxy) is 1. The van der Waals surface area contributed by atoms with Crippen molar-refractivity contribution in [3.63, 3.8) is 0 Å². The summed E-state index contributed by atoms with van der Waals surface area (Å²) in [5, 5.41) is 23.1. The molecule has 0 aromatic carbocycles. The number of hydrogen-bond donors (Lipinski definition) is 3. The number of rotatable bonds is 47. The lowest BCUT2D eigenvalue weighted by Crippen LogP contribution is -2.45. The molecular weight excluding hydrogens is 719 g/mol. The van der Waals surface area contributed by atoms with Crippen molar-refractivity contribution >= 4 is 11.9 Å². The highest BCUT2D eigenvalue weighted by Crippen LogP contribution is 2.15. The summed E-state index contributed by atoms with van der Waals surface area (Å²) in [5.41, 5.74) is 0. The standard InChI is InChI=1S/C52H99NO5/c1-3-5-7-9-11-13-14-26-30-34-38-42-46-52(57)58-47-43-39-35-31-27-24-22-20-18-16-15-17-19-21-23-25-29-33-37-41-45-51(56)53-49(48-54)50(55)44-40-36-32-28-12-10-8-6-4-2/h11,13,15,17,49-50,54-55H,3-10,12,14,16,18-48H2,1-2H3,(H,53,56)/b13-11-,17-15-. The smallest absolute Gasteiger partial charge is 0.305 e. The van der Waals surface area contributed by atoms with Gasteiger partial charge in [0, 0.05) is 12.8 Å². The quantitative estimate of drug-likeness (QED) is 0.0323. The highest BCUT2D eigenvalue weighted by atomic mass is 16.5. The van der Waals surface area contributed by atoms with Gasteiger partial charge in [-0.3, -0.25) is 9.59 Å². The number of aliphatic hydroxyl groups excluding tert-OH is 2. The van der Waals surface area contributed by atoms with Gasteiger partial charge in [0.1, 0.15) is 0 Å². The Morgan fingerprint density at radius 2 is 0.810 bits per heavy atom. The summed E-state index contributed by atoms with van der Waals surface area (Å²) >= 11 is 0. The van der Waals surface area contributed by atoms with Crippen molar-refractivity contribution < 1.29 is 24.5 Å². The lowest BCUT2D eigenvalue weighted by atomic mass is 10.0. The van der Waals surface area contributed by atoms with E-state index in [9.17, 15) is 19.8 Å². The number of amides is 1. The summed E-state index contributed by atoms with van der Waals surface area (Å²) in [7, 11) is 0. The molecule has 6 heteroatoms. The van der Waals surface area contributed by atoms with E-state index in [4.69, 9.17) is 4.74 Å². The maximum atomic E-state index is 12.4. The third-order valence-corrected chi connectivity index (χ3v) is 11.7. The zero-order valence-electron chi connectivity index (χ0n) is 38.8. The van der Waals surface area contributed by atoms with Crippen LogP contribution in [0.1, 0.15) is 271 Å². The number of unbranched alkanes of at least 4 members (excludes halogenated alkanes) is 32. The van der Waals surface area contributed by atoms with Crippen LogP contribution in [0.4, 0.5) is 0 Å². The highest BCUT2D eigenvalue weighted by Gasteiger charge is 2.20. The molecular formula is C52H99NO5. The molecule has 0 radical (unpaired) electrons. The van der Waals surface area contributed by atoms with E-state index in [-0.39, 0.29) is 18.5 Å². The van der Waals surface area contributed by atoms with Gasteiger partial charge in [0.25, 0.3) is 0 Å². The molecule has 0 fully saturated rings. The molecule has 0 spiro atoms. The Kier molecular flexibility index (Phi) is 46.6. The van der Waals surface area contributed by atoms with Crippen molar-refractivity contribution in [1.29, 1.82) is 0 Å². The van der Waals surface area contributed by atoms with Crippen LogP contribution in [0.3, 0.4) is 0 Å². The van der Waals surface area contributed by atoms with E-state index < -0.39 is 12.1 Å². The Morgan fingerprint density at radius 3 is 1.26 bits per heavy atom. The SMILES string of the molecule is CCCCC/C=C\CCCCCCCC(=O)OCCCCCCCCCCC/C=C\CCCCCCCCCC(=O)NC(CO)C(O)CCCCCCCCCCC. The second kappa shape index (κ2) is 48.0. The van der Waals surface area contributed by atoms with E-state index >= 15 is 0 Å². The first-order chi connectivity index (χ1) is 28.5. The van der Waals surface area contributed by atoms with E-state index in [1.54, 1.807) is 0 Å². The maximum absolute atomic E-state index is 12.4. The number of aliphatic hydroxyl groups is 2. The van der Waals surface area contributed by atoms with Crippen LogP contribution in [0.15, 0.2) is 24.3 Å². The largest absolute Gasteiger partial charge is 0.466 e. The van der Waals surface area contributed by atoms with E-state index in [0.717, 1.165) is 44.9 Å². The van der Waals surface area contributed by atoms with Crippen LogP contribution in [-0.2, 0) is 14.3 Å². The average Bonchev–Trinajstić information content (AvgIpc) is 3.22. The second-order valence-corrected chi connectivity index (χ2v) is 17.5. The number of carbonyl (C=O) groups is 2. The summed E-state index contributed by atoms with van der Waals surface area (Å²) in [4.78, 5) is 24.4. The summed E-state index contributed by atoms with van der Waals surface area (Å²) in [6.45, 7) is 4.89. The zero-order valence-corrected chi connectivity index (χ0v) is 38.8. The summed E-state index contributed by atoms with van der Waals surface area (Å²) in [6, 6.07) is -0.545. The van der Waals surface area contributed by atoms with Gasteiger partial charge in [0.2, 0.25) is 5.91 Å². The van der Waals surface area contributed by atoms with Gasteiger partial charge in [-0.1, -0.05) is 205 Å². The third kappa shape index (κ3) is 43.9. The number of nitrogens with one attached hydrogen (secondary N) is 1. The molecule has 58 heavy (non-hydrogen) atoms. The number of hydrogen-bond acceptors (Lipinski definition) is 5. The fourth-order valence-electron chi connectivity index (χ4n) is 7.74. The molecule has 2 atom stereocenters. The minimum Gasteiger partial charge on any atom is -0.466 e. The van der Waals surface area contributed by atoms with Crippen LogP contribution < -0.4 is 5.32 Å². The zero-order chi connectivity index (χ0) is 42.3. The van der Waals surface area contributed by atoms with Gasteiger partial charge in [0.15, 0.2) is 0 Å². The van der Waals surface area contributed by atoms with Gasteiger partial charge in [-0.05, 0) is 77.0 Å². The summed E-state index contributed by atoms with van der Waals surface area (Å²) in [5.74, 6) is -0.0511. The Bertz CT molecular complexity index is 904. The molecule has 0 aliphatic heterocycles. The van der Waals surface area contributed by atoms with Gasteiger partial charge < -0.3 is 20.3 Å². The molecule has 3 N–H and O–H groups in total. The number of allylic oxidation sites excluding steroid dienone is 4. The van der Waals surface area contributed by atoms with Gasteiger partial charge >= 0.3 is 5.97 Å². The molecule has 342 valence electrons. The molecule has 6 nitrogen and oxygen atoms in total. The summed E-state index contributed by atoms with van der Waals surface area (Å²) in [6.07, 6.45) is 55.9. The van der Waals surface area contributed by atoms with Crippen molar-refractivity contribution in [2.75, 3.05) is 13.2 Å². The van der Waals surface area contributed by atoms with Crippen molar-refractivity contribution in [1.82, 2.24) is 5.32 Å². The molecule has 0 heterocycles. The maximum Gasteiger partial charge on any atom is 0.305 e. The highest BCUT2D eigenvalue weighted by molar-refractivity contribution is 5.76. The van der Waals surface area contributed by atoms with Crippen molar-refractivity contribution in [3.8, 4) is 0 Å². The molecule has 0 aliphatic carbocycles. The van der Waals surface area contributed by atoms with Gasteiger partial charge in [-0.15, -0.1) is 0 Å². The van der Waals surface area contributed by atoms with E-state index in [2.05, 4.69) is 43.5 Å². The minimum absolute atomic E-state index is 0.00444. The second-order valence-electron chi connectivity index (χ2n) is 17.5. The van der Waals surface area contributed by atoms with Gasteiger partial charge in [-0.2, -0.15) is 0 Å². The molecule has 0 aromatic rings. The van der Waals surface area contributed by atoms with Crippen LogP contribution >= 0.6 is 0 Å². The van der Waals surface area contributed by atoms with Crippen molar-refractivity contribution in [3.05, 3.63) is 24.3 Å². The topological polar surface area (TPSA) is 95.9 Å². The predicted molar refractivity (Wildman–Crippen MR) is 250 cm³/mol. The first kappa shape index (κ1) is 56.3. The molecule has 0 aromatic heterocycles. The Hall–Kier alpha value is -1.66.